The molecule has 0 spiro atoms. The van der Waals surface area contributed by atoms with E-state index in [-0.39, 0.29) is 12.6 Å². The standard InChI is InChI=1S/C14H20N2O3/c1-19-12-6-4-11(5-7-12)13(17)9-16-14(18)15-8-10-2-3-10/h4-7,10,13,17H,2-3,8-9H2,1H3,(H2,15,16,18). The molecule has 0 radical (unpaired) electrons. The van der Waals surface area contributed by atoms with Crippen molar-refractivity contribution < 1.29 is 14.6 Å². The van der Waals surface area contributed by atoms with Gasteiger partial charge in [-0.3, -0.25) is 0 Å². The molecule has 5 nitrogen and oxygen atoms in total. The number of methoxy groups -OCH3 is 1. The Morgan fingerprint density at radius 3 is 2.63 bits per heavy atom. The molecule has 3 N–H and O–H groups in total. The predicted octanol–water partition coefficient (Wildman–Crippen LogP) is 1.44. The first-order valence-corrected chi connectivity index (χ1v) is 6.52. The zero-order chi connectivity index (χ0) is 13.7. The van der Waals surface area contributed by atoms with Gasteiger partial charge < -0.3 is 20.5 Å². The van der Waals surface area contributed by atoms with Gasteiger partial charge in [0.25, 0.3) is 0 Å². The maximum Gasteiger partial charge on any atom is 0.314 e. The summed E-state index contributed by atoms with van der Waals surface area (Å²) in [6, 6.07) is 6.91. The molecule has 19 heavy (non-hydrogen) atoms. The number of aliphatic hydroxyl groups excluding tert-OH is 1. The second-order valence-electron chi connectivity index (χ2n) is 4.82. The van der Waals surface area contributed by atoms with Crippen molar-refractivity contribution in [3.63, 3.8) is 0 Å². The second kappa shape index (κ2) is 6.43. The first-order valence-electron chi connectivity index (χ1n) is 6.52. The molecule has 1 aromatic carbocycles. The van der Waals surface area contributed by atoms with Crippen LogP contribution in [0.5, 0.6) is 5.75 Å². The minimum atomic E-state index is -0.711. The van der Waals surface area contributed by atoms with Gasteiger partial charge in [0.2, 0.25) is 0 Å². The molecule has 0 aromatic heterocycles. The zero-order valence-electron chi connectivity index (χ0n) is 11.1. The lowest BCUT2D eigenvalue weighted by molar-refractivity contribution is 0.173. The van der Waals surface area contributed by atoms with Crippen LogP contribution in [0.1, 0.15) is 24.5 Å². The van der Waals surface area contributed by atoms with Crippen LogP contribution in [0.4, 0.5) is 4.79 Å². The molecule has 1 unspecified atom stereocenters. The van der Waals surface area contributed by atoms with Crippen molar-refractivity contribution in [2.24, 2.45) is 5.92 Å². The van der Waals surface area contributed by atoms with Crippen molar-refractivity contribution in [2.45, 2.75) is 18.9 Å². The largest absolute Gasteiger partial charge is 0.497 e. The topological polar surface area (TPSA) is 70.6 Å². The third-order valence-corrected chi connectivity index (χ3v) is 3.20. The molecule has 1 fully saturated rings. The van der Waals surface area contributed by atoms with Crippen LogP contribution in [-0.2, 0) is 0 Å². The van der Waals surface area contributed by atoms with Crippen LogP contribution in [0.15, 0.2) is 24.3 Å². The molecule has 2 amide bonds. The highest BCUT2D eigenvalue weighted by Crippen LogP contribution is 2.27. The predicted molar refractivity (Wildman–Crippen MR) is 72.1 cm³/mol. The summed E-state index contributed by atoms with van der Waals surface area (Å²) < 4.78 is 5.05. The van der Waals surface area contributed by atoms with Gasteiger partial charge in [-0.15, -0.1) is 0 Å². The summed E-state index contributed by atoms with van der Waals surface area (Å²) in [5.74, 6) is 1.39. The third kappa shape index (κ3) is 4.44. The van der Waals surface area contributed by atoms with E-state index in [2.05, 4.69) is 10.6 Å². The molecule has 1 aliphatic carbocycles. The van der Waals surface area contributed by atoms with Crippen molar-refractivity contribution in [2.75, 3.05) is 20.2 Å². The highest BCUT2D eigenvalue weighted by molar-refractivity contribution is 5.73. The molecule has 2 rings (SSSR count). The number of carbonyl (C=O) groups excluding carboxylic acids is 1. The Hall–Kier alpha value is -1.75. The fourth-order valence-electron chi connectivity index (χ4n) is 1.75. The Balaban J connectivity index is 1.72. The fraction of sp³-hybridized carbons (Fsp3) is 0.500. The lowest BCUT2D eigenvalue weighted by atomic mass is 10.1. The van der Waals surface area contributed by atoms with E-state index in [9.17, 15) is 9.90 Å². The number of amides is 2. The molecule has 1 aromatic rings. The van der Waals surface area contributed by atoms with E-state index in [1.54, 1.807) is 31.4 Å². The van der Waals surface area contributed by atoms with Gasteiger partial charge in [-0.2, -0.15) is 0 Å². The van der Waals surface area contributed by atoms with Gasteiger partial charge in [-0.1, -0.05) is 12.1 Å². The van der Waals surface area contributed by atoms with E-state index >= 15 is 0 Å². The number of carbonyl (C=O) groups is 1. The first-order chi connectivity index (χ1) is 9.19. The summed E-state index contributed by atoms with van der Waals surface area (Å²) >= 11 is 0. The SMILES string of the molecule is COc1ccc(C(O)CNC(=O)NCC2CC2)cc1. The Morgan fingerprint density at radius 1 is 1.37 bits per heavy atom. The van der Waals surface area contributed by atoms with Gasteiger partial charge in [0, 0.05) is 13.1 Å². The highest BCUT2D eigenvalue weighted by atomic mass is 16.5. The van der Waals surface area contributed by atoms with Crippen LogP contribution in [0.25, 0.3) is 0 Å². The minimum Gasteiger partial charge on any atom is -0.497 e. The first kappa shape index (κ1) is 13.7. The maximum absolute atomic E-state index is 11.5. The number of nitrogens with one attached hydrogen (secondary N) is 2. The van der Waals surface area contributed by atoms with Crippen LogP contribution in [0.2, 0.25) is 0 Å². The maximum atomic E-state index is 11.5. The molecule has 1 atom stereocenters. The lowest BCUT2D eigenvalue weighted by Gasteiger charge is -2.13. The van der Waals surface area contributed by atoms with Crippen molar-refractivity contribution >= 4 is 6.03 Å². The van der Waals surface area contributed by atoms with Crippen LogP contribution in [-0.4, -0.2) is 31.3 Å². The normalized spacial score (nSPS) is 15.7. The molecule has 0 heterocycles. The van der Waals surface area contributed by atoms with Gasteiger partial charge in [0.1, 0.15) is 5.75 Å². The number of rotatable bonds is 6. The summed E-state index contributed by atoms with van der Waals surface area (Å²) in [6.45, 7) is 0.924. The summed E-state index contributed by atoms with van der Waals surface area (Å²) in [5.41, 5.74) is 0.753. The third-order valence-electron chi connectivity index (χ3n) is 3.20. The molecular formula is C14H20N2O3. The Labute approximate surface area is 113 Å². The minimum absolute atomic E-state index is 0.197. The molecule has 5 heteroatoms. The van der Waals surface area contributed by atoms with Gasteiger partial charge in [-0.05, 0) is 36.5 Å². The van der Waals surface area contributed by atoms with Crippen LogP contribution >= 0.6 is 0 Å². The average molecular weight is 264 g/mol. The van der Waals surface area contributed by atoms with Crippen molar-refractivity contribution in [3.8, 4) is 5.75 Å². The molecular weight excluding hydrogens is 244 g/mol. The highest BCUT2D eigenvalue weighted by Gasteiger charge is 2.21. The molecule has 0 bridgehead atoms. The Morgan fingerprint density at radius 2 is 2.05 bits per heavy atom. The van der Waals surface area contributed by atoms with E-state index < -0.39 is 6.10 Å². The summed E-state index contributed by atoms with van der Waals surface area (Å²) in [6.07, 6.45) is 1.70. The van der Waals surface area contributed by atoms with Gasteiger partial charge >= 0.3 is 6.03 Å². The van der Waals surface area contributed by atoms with Crippen LogP contribution < -0.4 is 15.4 Å². The summed E-state index contributed by atoms with van der Waals surface area (Å²) in [5, 5.41) is 15.4. The zero-order valence-corrected chi connectivity index (χ0v) is 11.1. The summed E-state index contributed by atoms with van der Waals surface area (Å²) in [7, 11) is 1.59. The molecule has 0 saturated heterocycles. The number of urea groups is 1. The average Bonchev–Trinajstić information content (AvgIpc) is 3.26. The van der Waals surface area contributed by atoms with Gasteiger partial charge in [0.15, 0.2) is 0 Å². The van der Waals surface area contributed by atoms with E-state index in [4.69, 9.17) is 4.74 Å². The number of hydrogen-bond acceptors (Lipinski definition) is 3. The molecule has 104 valence electrons. The molecule has 1 saturated carbocycles. The number of aliphatic hydroxyl groups is 1. The van der Waals surface area contributed by atoms with E-state index in [1.807, 2.05) is 0 Å². The van der Waals surface area contributed by atoms with E-state index in [1.165, 1.54) is 12.8 Å². The number of benzene rings is 1. The van der Waals surface area contributed by atoms with Crippen LogP contribution in [0.3, 0.4) is 0 Å². The Kier molecular flexibility index (Phi) is 4.63. The Bertz CT molecular complexity index is 415. The molecule has 1 aliphatic rings. The van der Waals surface area contributed by atoms with Crippen molar-refractivity contribution in [3.05, 3.63) is 29.8 Å². The van der Waals surface area contributed by atoms with Crippen LogP contribution in [0, 0.1) is 5.92 Å². The quantitative estimate of drug-likeness (QED) is 0.728. The van der Waals surface area contributed by atoms with Crippen molar-refractivity contribution in [1.29, 1.82) is 0 Å². The van der Waals surface area contributed by atoms with Gasteiger partial charge in [-0.25, -0.2) is 4.79 Å². The van der Waals surface area contributed by atoms with Gasteiger partial charge in [0.05, 0.1) is 13.2 Å². The number of ether oxygens (including phenoxy) is 1. The lowest BCUT2D eigenvalue weighted by Crippen LogP contribution is -2.38. The smallest absolute Gasteiger partial charge is 0.314 e. The van der Waals surface area contributed by atoms with E-state index in [0.29, 0.717) is 5.92 Å². The fourth-order valence-corrected chi connectivity index (χ4v) is 1.75. The second-order valence-corrected chi connectivity index (χ2v) is 4.82. The summed E-state index contributed by atoms with van der Waals surface area (Å²) in [4.78, 5) is 11.5. The monoisotopic (exact) mass is 264 g/mol. The van der Waals surface area contributed by atoms with Crippen molar-refractivity contribution in [1.82, 2.24) is 10.6 Å². The number of hydrogen-bond donors (Lipinski definition) is 3. The molecule has 0 aliphatic heterocycles. The van der Waals surface area contributed by atoms with E-state index in [0.717, 1.165) is 17.9 Å².